The van der Waals surface area contributed by atoms with E-state index in [1.807, 2.05) is 168 Å². The summed E-state index contributed by atoms with van der Waals surface area (Å²) in [5, 5.41) is 52.2. The predicted octanol–water partition coefficient (Wildman–Crippen LogP) is 17.8. The van der Waals surface area contributed by atoms with Crippen molar-refractivity contribution >= 4 is 92.6 Å². The number of aliphatic hydroxyl groups excluding tert-OH is 3. The van der Waals surface area contributed by atoms with Crippen LogP contribution in [-0.2, 0) is 44.8 Å². The fraction of sp³-hybridized carbons (Fsp3) is 0.500. The van der Waals surface area contributed by atoms with Crippen LogP contribution >= 0.6 is 45.5 Å². The Labute approximate surface area is 831 Å². The van der Waals surface area contributed by atoms with E-state index in [2.05, 4.69) is 132 Å². The number of aliphatic hydroxyl groups is 3. The van der Waals surface area contributed by atoms with Gasteiger partial charge in [0.1, 0.15) is 35.3 Å². The molecule has 11 aromatic rings. The second kappa shape index (κ2) is 47.9. The second-order valence-electron chi connectivity index (χ2n) is 39.7. The van der Waals surface area contributed by atoms with E-state index in [0.717, 1.165) is 94.7 Å². The van der Waals surface area contributed by atoms with Crippen LogP contribution in [0.2, 0.25) is 0 Å². The van der Waals surface area contributed by atoms with Crippen LogP contribution in [0.15, 0.2) is 152 Å². The zero-order chi connectivity index (χ0) is 101. The Morgan fingerprint density at radius 3 is 1.32 bits per heavy atom. The minimum Gasteiger partial charge on any atom is -0.479 e. The third kappa shape index (κ3) is 26.9. The molecule has 11 heterocycles. The van der Waals surface area contributed by atoms with Crippen LogP contribution in [0.5, 0.6) is 5.88 Å². The number of thiazole rings is 3. The van der Waals surface area contributed by atoms with E-state index < -0.39 is 54.2 Å². The van der Waals surface area contributed by atoms with Crippen molar-refractivity contribution in [1.29, 1.82) is 0 Å². The molecule has 0 bridgehead atoms. The molecule has 4 aromatic carbocycles. The van der Waals surface area contributed by atoms with Crippen molar-refractivity contribution in [2.75, 3.05) is 39.8 Å². The van der Waals surface area contributed by atoms with Gasteiger partial charge in [-0.15, -0.1) is 34.0 Å². The van der Waals surface area contributed by atoms with E-state index in [0.29, 0.717) is 72.7 Å². The number of ether oxygens (including phenoxy) is 1. The lowest BCUT2D eigenvalue weighted by Gasteiger charge is -2.36. The van der Waals surface area contributed by atoms with E-state index in [1.54, 1.807) is 71.0 Å². The molecule has 15 rings (SSSR count). The minimum atomic E-state index is -0.754. The number of amides is 6. The molecule has 33 heteroatoms. The first-order chi connectivity index (χ1) is 66.1. The van der Waals surface area contributed by atoms with E-state index in [1.165, 1.54) is 33.3 Å². The van der Waals surface area contributed by atoms with Gasteiger partial charge < -0.3 is 64.3 Å². The number of carbonyl (C=O) groups excluding carboxylic acids is 8. The van der Waals surface area contributed by atoms with Crippen LogP contribution in [0.3, 0.4) is 0 Å². The number of benzene rings is 4. The van der Waals surface area contributed by atoms with Crippen LogP contribution < -0.4 is 20.7 Å². The smallest absolute Gasteiger partial charge is 0.254 e. The highest BCUT2D eigenvalue weighted by Crippen LogP contribution is 2.41. The van der Waals surface area contributed by atoms with Gasteiger partial charge in [-0.1, -0.05) is 190 Å². The zero-order valence-corrected chi connectivity index (χ0v) is 86.9. The van der Waals surface area contributed by atoms with E-state index in [-0.39, 0.29) is 139 Å². The first-order valence-corrected chi connectivity index (χ1v) is 51.5. The fourth-order valence-corrected chi connectivity index (χ4v) is 22.1. The average Bonchev–Trinajstić information content (AvgIpc) is 1.66. The van der Waals surface area contributed by atoms with Gasteiger partial charge >= 0.3 is 0 Å². The van der Waals surface area contributed by atoms with Crippen molar-refractivity contribution in [2.45, 2.75) is 274 Å². The number of Topliss-reactive ketones (excluding diaryl/α,β-unsaturated/α-hetero) is 2. The lowest BCUT2D eigenvalue weighted by Crippen LogP contribution is -2.53. The Hall–Kier alpha value is -11.2. The Kier molecular flexibility index (Phi) is 36.7. The molecule has 29 nitrogen and oxygen atoms in total. The molecular weight excluding hydrogens is 1840 g/mol. The number of hydrogen-bond donors (Lipinski definition) is 6. The standard InChI is InChI=1S/C27H34N4O4S.C27H33N3O4S.C26H38N4O2S.C26H31N3O5S/c1-6-21(18-7-9-19(10-8-18)25-17(5)28-14-36-25)29-26(33)22-12-20(32)13-31(22)27(34)24(15(2)3)23-11-16(4)30-35-23;1-15(2)25(24-11-18(5)29-34-24)27(33)30-14-21(31)12-22(30)23(32)10-16(3)19-6-8-20(9-7-19)26-17(4)13-28-35-26;1-16-12-22(30(13-16)14-23(26(5,6)7)29-19(4)31)25(32)28-17(2)20-8-10-21(11-9-20)24-18(3)27-15-33-24;1-15(2)24(22-12-23(33-4)28-34-22)26(32)29-13-19(30)11-20(29)21(31)10-7-17-5-8-18(9-6-17)25-16(3)27-14-35-25/h7-11,14-15,20-22,24,32H,6,12-13H2,1-5H3,(H,29,33);6-9,11,13,15-16,21-22,25,31H,10,12,14H2,1-5H3;8-11,15-17,22-23H,12-14H2,1-7H3,(H,28,32)(H,29,31);5-6,8-9,12,14-15,19-20,24,30H,7,10-11,13H2,1-4H3/t20-,21+,22+,24-;16-,21-,22+,25?;16-,17+,22+,23-;19-,20+,24-/m1111/s1. The monoisotopic (exact) mass is 1970 g/mol. The number of rotatable bonds is 32. The number of hydrogen-bond acceptors (Lipinski definition) is 27. The molecule has 0 saturated carbocycles. The van der Waals surface area contributed by atoms with Crippen LogP contribution in [0.1, 0.15) is 251 Å². The van der Waals surface area contributed by atoms with Crippen molar-refractivity contribution in [1.82, 2.24) is 70.3 Å². The van der Waals surface area contributed by atoms with Gasteiger partial charge in [-0.25, -0.2) is 19.3 Å². The van der Waals surface area contributed by atoms with Crippen LogP contribution in [0, 0.1) is 70.6 Å². The van der Waals surface area contributed by atoms with E-state index in [9.17, 15) is 53.7 Å². The molecule has 0 spiro atoms. The Balaban J connectivity index is 0.000000166. The molecule has 139 heavy (non-hydrogen) atoms. The normalized spacial score (nSPS) is 19.7. The average molecular weight is 1970 g/mol. The van der Waals surface area contributed by atoms with E-state index >= 15 is 0 Å². The van der Waals surface area contributed by atoms with Gasteiger partial charge in [0.2, 0.25) is 35.4 Å². The summed E-state index contributed by atoms with van der Waals surface area (Å²) in [6.07, 6.45) is 3.08. The molecule has 744 valence electrons. The molecule has 7 aromatic heterocycles. The molecule has 4 aliphatic rings. The highest BCUT2D eigenvalue weighted by Gasteiger charge is 2.48. The molecule has 6 N–H and O–H groups in total. The summed E-state index contributed by atoms with van der Waals surface area (Å²) in [5.74, 6) is -0.778. The number of nitrogens with zero attached hydrogens (tertiary/aromatic N) is 11. The number of aromatic nitrogens is 7. The molecule has 4 saturated heterocycles. The third-order valence-corrected chi connectivity index (χ3v) is 30.5. The van der Waals surface area contributed by atoms with Crippen molar-refractivity contribution in [3.63, 3.8) is 0 Å². The lowest BCUT2D eigenvalue weighted by molar-refractivity contribution is -0.141. The molecular formula is C106H136N14O15S4. The largest absolute Gasteiger partial charge is 0.479 e. The summed E-state index contributed by atoms with van der Waals surface area (Å²) >= 11 is 6.33. The van der Waals surface area contributed by atoms with Gasteiger partial charge in [0, 0.05) is 102 Å². The van der Waals surface area contributed by atoms with Gasteiger partial charge in [-0.2, -0.15) is 0 Å². The first-order valence-electron chi connectivity index (χ1n) is 48.1. The molecule has 0 aliphatic carbocycles. The highest BCUT2D eigenvalue weighted by molar-refractivity contribution is 7.14. The van der Waals surface area contributed by atoms with Gasteiger partial charge in [-0.05, 0) is 169 Å². The quantitative estimate of drug-likeness (QED) is 0.0228. The number of β-amino-alcohol motifs (C(OH)–C–C–N with tert-alkyl or cyclic N) is 3. The molecule has 1 unspecified atom stereocenters. The third-order valence-electron chi connectivity index (χ3n) is 26.7. The lowest BCUT2D eigenvalue weighted by atomic mass is 9.86. The summed E-state index contributed by atoms with van der Waals surface area (Å²) in [4.78, 5) is 130. The van der Waals surface area contributed by atoms with Gasteiger partial charge in [0.05, 0.1) is 120 Å². The maximum atomic E-state index is 13.6. The summed E-state index contributed by atoms with van der Waals surface area (Å²) in [5.41, 5.74) is 19.7. The van der Waals surface area contributed by atoms with Crippen LogP contribution in [0.25, 0.3) is 41.8 Å². The molecule has 4 fully saturated rings. The Bertz CT molecular complexity index is 5950. The number of ketones is 2. The van der Waals surface area contributed by atoms with E-state index in [4.69, 9.17) is 18.3 Å². The summed E-state index contributed by atoms with van der Waals surface area (Å²) in [6, 6.07) is 35.5. The summed E-state index contributed by atoms with van der Waals surface area (Å²) in [7, 11) is 1.48. The first kappa shape index (κ1) is 107. The maximum absolute atomic E-state index is 13.6. The molecule has 15 atom stereocenters. The topological polar surface area (TPSA) is 385 Å². The maximum Gasteiger partial charge on any atom is 0.254 e. The van der Waals surface area contributed by atoms with Gasteiger partial charge in [-0.3, -0.25) is 43.3 Å². The molecule has 0 radical (unpaired) electrons. The van der Waals surface area contributed by atoms with Crippen molar-refractivity contribution in [3.8, 4) is 47.6 Å². The second-order valence-corrected chi connectivity index (χ2v) is 43.1. The summed E-state index contributed by atoms with van der Waals surface area (Å²) < 4.78 is 25.5. The number of aryl methyl sites for hydroxylation is 7. The molecule has 4 aliphatic heterocycles. The van der Waals surface area contributed by atoms with Crippen molar-refractivity contribution < 1.29 is 72.0 Å². The fourth-order valence-electron chi connectivity index (χ4n) is 18.9. The van der Waals surface area contributed by atoms with Crippen molar-refractivity contribution in [2.24, 2.45) is 29.1 Å². The Morgan fingerprint density at radius 1 is 0.504 bits per heavy atom. The summed E-state index contributed by atoms with van der Waals surface area (Å²) in [6.45, 7) is 41.4. The predicted molar refractivity (Wildman–Crippen MR) is 541 cm³/mol. The number of methoxy groups -OCH3 is 1. The van der Waals surface area contributed by atoms with Crippen LogP contribution in [0.4, 0.5) is 0 Å². The number of carbonyl (C=O) groups is 8. The number of likely N-dealkylation sites (tertiary alicyclic amines) is 4. The van der Waals surface area contributed by atoms with Gasteiger partial charge in [0.25, 0.3) is 5.88 Å². The Morgan fingerprint density at radius 2 is 0.921 bits per heavy atom. The van der Waals surface area contributed by atoms with Crippen molar-refractivity contribution in [3.05, 3.63) is 212 Å². The number of nitrogens with one attached hydrogen (secondary N) is 3. The minimum absolute atomic E-state index is 0.00776. The zero-order valence-electron chi connectivity index (χ0n) is 83.7. The SMILES string of the molecule is CC(=O)N[C@H](CN1C[C@H](C)C[C@H]1C(=O)N[C@@H](C)c1ccc(-c2scnc2C)cc1)C(C)(C)C.CC[C@H](NC(=O)[C@@H]1C[C@@H](O)CN1C(=O)[C@@H](c1cc(C)no1)C(C)C)c1ccc(-c2scnc2C)cc1.COc1cc([C@H](C(=O)N2C[C@H](O)C[C@H]2C(=O)CCc2ccc(-c3scnc3C)cc2)C(C)C)on1.Cc1cc(C(C(=O)N2C[C@H](O)C[C@H]2C(=O)C[C@@H](C)c2ccc(-c3sncc3C)cc2)C(C)C)on1. The highest BCUT2D eigenvalue weighted by atomic mass is 32.1. The van der Waals surface area contributed by atoms with Gasteiger partial charge in [0.15, 0.2) is 17.3 Å². The molecule has 6 amide bonds. The van der Waals surface area contributed by atoms with Crippen LogP contribution in [-0.4, -0.2) is 205 Å².